The van der Waals surface area contributed by atoms with Crippen LogP contribution in [0.4, 0.5) is 8.78 Å². The number of ketones is 2. The smallest absolute Gasteiger partial charge is 0.305 e. The van der Waals surface area contributed by atoms with E-state index in [1.165, 1.54) is 0 Å². The van der Waals surface area contributed by atoms with E-state index in [4.69, 9.17) is 5.11 Å². The Morgan fingerprint density at radius 3 is 2.28 bits per heavy atom. The Kier molecular flexibility index (Phi) is 10.9. The molecule has 0 aromatic heterocycles. The fourth-order valence-corrected chi connectivity index (χ4v) is 4.31. The van der Waals surface area contributed by atoms with Gasteiger partial charge in [0.15, 0.2) is 0 Å². The first-order valence-corrected chi connectivity index (χ1v) is 11.0. The van der Waals surface area contributed by atoms with Crippen LogP contribution in [0.3, 0.4) is 0 Å². The number of aliphatic carboxylic acids is 1. The molecule has 0 bridgehead atoms. The maximum atomic E-state index is 14.2. The van der Waals surface area contributed by atoms with Crippen LogP contribution in [-0.2, 0) is 14.4 Å². The molecule has 0 aromatic carbocycles. The fourth-order valence-electron chi connectivity index (χ4n) is 4.31. The fraction of sp³-hybridized carbons (Fsp3) is 0.864. The largest absolute Gasteiger partial charge is 0.481 e. The Labute approximate surface area is 172 Å². The topological polar surface area (TPSA) is 91.7 Å². The van der Waals surface area contributed by atoms with Gasteiger partial charge >= 0.3 is 11.9 Å². The van der Waals surface area contributed by atoms with Crippen molar-refractivity contribution in [2.45, 2.75) is 103 Å². The van der Waals surface area contributed by atoms with E-state index in [2.05, 4.69) is 0 Å². The van der Waals surface area contributed by atoms with Crippen LogP contribution in [0.25, 0.3) is 0 Å². The molecule has 5 nitrogen and oxygen atoms in total. The predicted molar refractivity (Wildman–Crippen MR) is 106 cm³/mol. The van der Waals surface area contributed by atoms with Crippen LogP contribution in [0, 0.1) is 17.8 Å². The van der Waals surface area contributed by atoms with Crippen molar-refractivity contribution in [1.82, 2.24) is 0 Å². The van der Waals surface area contributed by atoms with Gasteiger partial charge in [0.05, 0.1) is 6.10 Å². The minimum absolute atomic E-state index is 0.0205. The van der Waals surface area contributed by atoms with E-state index in [9.17, 15) is 28.3 Å². The van der Waals surface area contributed by atoms with Gasteiger partial charge in [-0.05, 0) is 31.1 Å². The van der Waals surface area contributed by atoms with Gasteiger partial charge in [0, 0.05) is 31.6 Å². The number of aliphatic hydroxyl groups excluding tert-OH is 1. The molecule has 1 unspecified atom stereocenters. The number of carboxylic acids is 1. The molecular weight excluding hydrogens is 382 g/mol. The van der Waals surface area contributed by atoms with Crippen molar-refractivity contribution in [3.8, 4) is 0 Å². The number of carboxylic acid groups (broad SMARTS) is 1. The number of alkyl halides is 2. The monoisotopic (exact) mass is 418 g/mol. The highest BCUT2D eigenvalue weighted by molar-refractivity contribution is 5.86. The highest BCUT2D eigenvalue weighted by Gasteiger charge is 2.44. The van der Waals surface area contributed by atoms with Crippen molar-refractivity contribution in [2.24, 2.45) is 17.8 Å². The van der Waals surface area contributed by atoms with Gasteiger partial charge in [0.1, 0.15) is 5.78 Å². The Morgan fingerprint density at radius 2 is 1.69 bits per heavy atom. The predicted octanol–water partition coefficient (Wildman–Crippen LogP) is 4.79. The van der Waals surface area contributed by atoms with Gasteiger partial charge in [-0.1, -0.05) is 46.0 Å². The summed E-state index contributed by atoms with van der Waals surface area (Å²) in [5.74, 6) is -6.39. The van der Waals surface area contributed by atoms with E-state index in [0.717, 1.165) is 19.3 Å². The molecule has 0 heterocycles. The number of hydrogen-bond acceptors (Lipinski definition) is 4. The highest BCUT2D eigenvalue weighted by Crippen LogP contribution is 2.38. The first-order chi connectivity index (χ1) is 13.6. The zero-order valence-electron chi connectivity index (χ0n) is 17.7. The van der Waals surface area contributed by atoms with Crippen LogP contribution in [-0.4, -0.2) is 39.8 Å². The number of halogens is 2. The third-order valence-corrected chi connectivity index (χ3v) is 6.30. The Balaban J connectivity index is 2.51. The number of unbranched alkanes of at least 4 members (excludes halogenated alkanes) is 3. The SMILES string of the molecule is CCC(CC)CC(F)(F)C(=O)CC[C@@H]1C(CCCCCCC(=O)O)C(=O)C[C@H]1O. The minimum Gasteiger partial charge on any atom is -0.481 e. The third kappa shape index (κ3) is 8.49. The first kappa shape index (κ1) is 25.7. The van der Waals surface area contributed by atoms with Gasteiger partial charge in [-0.25, -0.2) is 0 Å². The molecule has 0 aliphatic heterocycles. The van der Waals surface area contributed by atoms with E-state index in [-0.39, 0.29) is 37.4 Å². The van der Waals surface area contributed by atoms with Gasteiger partial charge in [0.25, 0.3) is 0 Å². The Hall–Kier alpha value is -1.37. The van der Waals surface area contributed by atoms with Gasteiger partial charge < -0.3 is 10.2 Å². The quantitative estimate of drug-likeness (QED) is 0.373. The van der Waals surface area contributed by atoms with E-state index in [0.29, 0.717) is 25.7 Å². The van der Waals surface area contributed by atoms with Crippen LogP contribution in [0.2, 0.25) is 0 Å². The molecule has 1 rings (SSSR count). The average Bonchev–Trinajstić information content (AvgIpc) is 2.92. The number of Topliss-reactive ketones (excluding diaryl/α,β-unsaturated/α-hetero) is 2. The third-order valence-electron chi connectivity index (χ3n) is 6.30. The number of carbonyl (C=O) groups excluding carboxylic acids is 2. The van der Waals surface area contributed by atoms with Gasteiger partial charge in [-0.15, -0.1) is 0 Å². The zero-order valence-corrected chi connectivity index (χ0v) is 17.7. The summed E-state index contributed by atoms with van der Waals surface area (Å²) in [5.41, 5.74) is 0. The van der Waals surface area contributed by atoms with Crippen LogP contribution in [0.1, 0.15) is 90.9 Å². The lowest BCUT2D eigenvalue weighted by molar-refractivity contribution is -0.146. The number of rotatable bonds is 15. The van der Waals surface area contributed by atoms with Crippen LogP contribution in [0.15, 0.2) is 0 Å². The average molecular weight is 419 g/mol. The van der Waals surface area contributed by atoms with Crippen molar-refractivity contribution < 1.29 is 33.4 Å². The molecule has 1 aliphatic carbocycles. The van der Waals surface area contributed by atoms with Crippen molar-refractivity contribution in [1.29, 1.82) is 0 Å². The van der Waals surface area contributed by atoms with Crippen LogP contribution >= 0.6 is 0 Å². The number of carbonyl (C=O) groups is 3. The Bertz CT molecular complexity index is 545. The maximum absolute atomic E-state index is 14.2. The van der Waals surface area contributed by atoms with Crippen LogP contribution < -0.4 is 0 Å². The summed E-state index contributed by atoms with van der Waals surface area (Å²) in [7, 11) is 0. The number of hydrogen-bond donors (Lipinski definition) is 2. The lowest BCUT2D eigenvalue weighted by Gasteiger charge is -2.23. The molecule has 1 aliphatic rings. The molecule has 168 valence electrons. The molecule has 1 saturated carbocycles. The summed E-state index contributed by atoms with van der Waals surface area (Å²) in [4.78, 5) is 34.8. The normalized spacial score (nSPS) is 22.4. The van der Waals surface area contributed by atoms with E-state index < -0.39 is 42.0 Å². The second kappa shape index (κ2) is 12.4. The van der Waals surface area contributed by atoms with Crippen molar-refractivity contribution in [3.63, 3.8) is 0 Å². The summed E-state index contributed by atoms with van der Waals surface area (Å²) in [6, 6.07) is 0. The summed E-state index contributed by atoms with van der Waals surface area (Å²) in [6.45, 7) is 3.67. The van der Waals surface area contributed by atoms with Gasteiger partial charge in [-0.3, -0.25) is 14.4 Å². The summed E-state index contributed by atoms with van der Waals surface area (Å²) in [6.07, 6.45) is 3.20. The van der Waals surface area contributed by atoms with E-state index >= 15 is 0 Å². The second-order valence-electron chi connectivity index (χ2n) is 8.41. The molecule has 3 atom stereocenters. The summed E-state index contributed by atoms with van der Waals surface area (Å²) >= 11 is 0. The van der Waals surface area contributed by atoms with Gasteiger partial charge in [-0.2, -0.15) is 8.78 Å². The Morgan fingerprint density at radius 1 is 1.07 bits per heavy atom. The van der Waals surface area contributed by atoms with Crippen LogP contribution in [0.5, 0.6) is 0 Å². The molecule has 7 heteroatoms. The lowest BCUT2D eigenvalue weighted by atomic mass is 9.84. The molecule has 29 heavy (non-hydrogen) atoms. The van der Waals surface area contributed by atoms with Crippen molar-refractivity contribution in [3.05, 3.63) is 0 Å². The molecule has 0 amide bonds. The summed E-state index contributed by atoms with van der Waals surface area (Å²) < 4.78 is 28.5. The standard InChI is InChI=1S/C22H36F2O5/c1-3-15(4-2)14-22(23,24)20(27)12-11-17-16(18(25)13-19(17)26)9-7-5-6-8-10-21(28)29/h15-17,19,26H,3-14H2,1-2H3,(H,28,29)/t16?,17-,19-/m1/s1. The highest BCUT2D eigenvalue weighted by atomic mass is 19.3. The minimum atomic E-state index is -3.36. The number of aliphatic hydroxyl groups is 1. The molecule has 0 radical (unpaired) electrons. The molecule has 1 fully saturated rings. The van der Waals surface area contributed by atoms with Crippen molar-refractivity contribution in [2.75, 3.05) is 0 Å². The molecule has 0 spiro atoms. The molecular formula is C22H36F2O5. The van der Waals surface area contributed by atoms with Crippen molar-refractivity contribution >= 4 is 17.5 Å². The lowest BCUT2D eigenvalue weighted by Crippen LogP contribution is -2.32. The summed E-state index contributed by atoms with van der Waals surface area (Å²) in [5, 5.41) is 18.8. The maximum Gasteiger partial charge on any atom is 0.305 e. The van der Waals surface area contributed by atoms with E-state index in [1.807, 2.05) is 13.8 Å². The molecule has 2 N–H and O–H groups in total. The molecule has 0 saturated heterocycles. The van der Waals surface area contributed by atoms with Gasteiger partial charge in [0.2, 0.25) is 5.78 Å². The first-order valence-electron chi connectivity index (χ1n) is 11.0. The molecule has 0 aromatic rings. The zero-order chi connectivity index (χ0) is 22.0. The van der Waals surface area contributed by atoms with E-state index in [1.54, 1.807) is 0 Å². The second-order valence-corrected chi connectivity index (χ2v) is 8.41.